The molecule has 0 aliphatic heterocycles. The molecule has 0 unspecified atom stereocenters. The Balaban J connectivity index is 2.44. The van der Waals surface area contributed by atoms with E-state index in [0.29, 0.717) is 30.5 Å². The number of nitrogens with two attached hydrogens (primary N) is 2. The number of phenolic OH excluding ortho intramolecular Hbond substituents is 1. The van der Waals surface area contributed by atoms with E-state index in [1.54, 1.807) is 20.9 Å². The number of hydrogen-bond acceptors (Lipinski definition) is 6. The zero-order chi connectivity index (χ0) is 33.7. The minimum Gasteiger partial charge on any atom is -0.508 e. The van der Waals surface area contributed by atoms with Gasteiger partial charge in [0.05, 0.1) is 18.9 Å². The summed E-state index contributed by atoms with van der Waals surface area (Å²) in [6, 6.07) is -3.89. The number of primary amides is 1. The van der Waals surface area contributed by atoms with E-state index in [1.807, 2.05) is 0 Å². The molecule has 0 aliphatic carbocycles. The van der Waals surface area contributed by atoms with Crippen molar-refractivity contribution in [2.75, 3.05) is 13.6 Å². The molecule has 36 heavy (non-hydrogen) atoms. The number of carbonyl (C=O) groups excluding carboxylic acids is 3. The molecule has 0 bridgehead atoms. The van der Waals surface area contributed by atoms with Crippen molar-refractivity contribution < 1.29 is 30.5 Å². The molecule has 0 radical (unpaired) electrons. The van der Waals surface area contributed by atoms with Crippen LogP contribution in [-0.4, -0.2) is 48.4 Å². The third-order valence-electron chi connectivity index (χ3n) is 5.74. The predicted octanol–water partition coefficient (Wildman–Crippen LogP) is 2.06. The maximum absolute atomic E-state index is 13.6. The highest BCUT2D eigenvalue weighted by Gasteiger charge is 2.28. The molecule has 0 aromatic heterocycles. The van der Waals surface area contributed by atoms with Gasteiger partial charge in [-0.05, 0) is 93.9 Å². The third-order valence-corrected chi connectivity index (χ3v) is 5.74. The van der Waals surface area contributed by atoms with Crippen LogP contribution >= 0.6 is 0 Å². The number of aromatic hydroxyl groups is 1. The molecular formula is C28H40N4O4. The lowest BCUT2D eigenvalue weighted by Crippen LogP contribution is -2.50. The molecule has 2 aromatic rings. The van der Waals surface area contributed by atoms with Gasteiger partial charge < -0.3 is 27.2 Å². The van der Waals surface area contributed by atoms with Gasteiger partial charge >= 0.3 is 0 Å². The van der Waals surface area contributed by atoms with Crippen LogP contribution in [0.5, 0.6) is 5.75 Å². The van der Waals surface area contributed by atoms with Crippen LogP contribution in [0.1, 0.15) is 58.9 Å². The molecule has 0 aliphatic rings. The summed E-state index contributed by atoms with van der Waals surface area (Å²) in [6.07, 6.45) is -3.33. The lowest BCUT2D eigenvalue weighted by atomic mass is 9.90. The Morgan fingerprint density at radius 3 is 2.36 bits per heavy atom. The molecule has 3 atom stereocenters. The lowest BCUT2D eigenvalue weighted by Gasteiger charge is -2.23. The fraction of sp³-hybridized carbons (Fsp3) is 0.464. The van der Waals surface area contributed by atoms with Crippen LogP contribution in [0, 0.1) is 19.7 Å². The number of amides is 2. The number of benzene rings is 2. The molecule has 0 heterocycles. The first-order valence-electron chi connectivity index (χ1n) is 15.7. The molecule has 0 spiro atoms. The average Bonchev–Trinajstić information content (AvgIpc) is 2.93. The number of Topliss-reactive ketones (excluding diaryl/α,β-unsaturated/α-hetero) is 1. The predicted molar refractivity (Wildman–Crippen MR) is 141 cm³/mol. The molecule has 7 N–H and O–H groups in total. The average molecular weight is 505 g/mol. The summed E-state index contributed by atoms with van der Waals surface area (Å²) in [4.78, 5) is 39.5. The van der Waals surface area contributed by atoms with Gasteiger partial charge in [0, 0.05) is 16.4 Å². The Bertz CT molecular complexity index is 1370. The van der Waals surface area contributed by atoms with E-state index in [9.17, 15) is 19.5 Å². The van der Waals surface area contributed by atoms with Crippen molar-refractivity contribution in [3.63, 3.8) is 0 Å². The van der Waals surface area contributed by atoms with E-state index in [-0.39, 0.29) is 18.6 Å². The molecule has 8 heteroatoms. The molecule has 0 saturated heterocycles. The highest BCUT2D eigenvalue weighted by molar-refractivity contribution is 5.93. The molecule has 8 nitrogen and oxygen atoms in total. The number of ketones is 1. The topological polar surface area (TPSA) is 148 Å². The van der Waals surface area contributed by atoms with Gasteiger partial charge in [-0.3, -0.25) is 14.4 Å². The van der Waals surface area contributed by atoms with Crippen LogP contribution in [0.25, 0.3) is 0 Å². The van der Waals surface area contributed by atoms with Crippen molar-refractivity contribution >= 4 is 17.6 Å². The van der Waals surface area contributed by atoms with E-state index >= 15 is 0 Å². The lowest BCUT2D eigenvalue weighted by molar-refractivity contribution is -0.131. The van der Waals surface area contributed by atoms with Gasteiger partial charge in [0.1, 0.15) is 5.75 Å². The largest absolute Gasteiger partial charge is 0.508 e. The minimum atomic E-state index is -3.31. The van der Waals surface area contributed by atoms with Crippen molar-refractivity contribution in [2.45, 2.75) is 64.4 Å². The molecule has 0 fully saturated rings. The van der Waals surface area contributed by atoms with Crippen LogP contribution < -0.4 is 22.1 Å². The summed E-state index contributed by atoms with van der Waals surface area (Å²) in [5, 5.41) is 15.3. The third kappa shape index (κ3) is 9.09. The van der Waals surface area contributed by atoms with Gasteiger partial charge in [-0.2, -0.15) is 0 Å². The van der Waals surface area contributed by atoms with Crippen molar-refractivity contribution in [1.82, 2.24) is 10.6 Å². The first-order chi connectivity index (χ1) is 20.3. The Hall–Kier alpha value is -3.23. The molecule has 2 aromatic carbocycles. The van der Waals surface area contributed by atoms with Crippen molar-refractivity contribution in [1.29, 1.82) is 0 Å². The van der Waals surface area contributed by atoms with Gasteiger partial charge in [0.25, 0.3) is 0 Å². The van der Waals surface area contributed by atoms with Crippen molar-refractivity contribution in [3.05, 3.63) is 64.6 Å². The summed E-state index contributed by atoms with van der Waals surface area (Å²) < 4.78 is 65.9. The summed E-state index contributed by atoms with van der Waals surface area (Å²) in [7, 11) is 1.74. The maximum atomic E-state index is 13.6. The van der Waals surface area contributed by atoms with Crippen molar-refractivity contribution in [3.8, 4) is 5.75 Å². The Labute approximate surface area is 225 Å². The fourth-order valence-electron chi connectivity index (χ4n) is 3.80. The molecule has 2 amide bonds. The van der Waals surface area contributed by atoms with E-state index in [0.717, 1.165) is 5.56 Å². The standard InChI is InChI=1S/C28H40N4O4/c1-18-13-22(33)14-19(2)23(18)17-24(29)28(36)32-25(11-7-8-12-31-3)26(34)16-21(27(30)35)15-20-9-5-4-6-10-20/h4-6,9-10,13-14,21,24-25,31,33H,7-8,11-12,15-17,29H2,1-3H3,(H2,30,35)(H,32,36)/t21-,24+,25+/m1/s1/i4D,5D,6D,9D,10D,15D2,21D. The highest BCUT2D eigenvalue weighted by atomic mass is 16.3. The summed E-state index contributed by atoms with van der Waals surface area (Å²) in [5.74, 6) is -6.29. The first-order valence-corrected chi connectivity index (χ1v) is 11.7. The zero-order valence-corrected chi connectivity index (χ0v) is 20.9. The smallest absolute Gasteiger partial charge is 0.237 e. The summed E-state index contributed by atoms with van der Waals surface area (Å²) in [6.45, 7) is 4.10. The first kappa shape index (κ1) is 19.0. The van der Waals surface area contributed by atoms with Crippen molar-refractivity contribution in [2.24, 2.45) is 17.4 Å². The molecule has 2 rings (SSSR count). The second-order valence-corrected chi connectivity index (χ2v) is 8.64. The number of hydrogen-bond donors (Lipinski definition) is 5. The monoisotopic (exact) mass is 504 g/mol. The maximum Gasteiger partial charge on any atom is 0.237 e. The van der Waals surface area contributed by atoms with E-state index in [2.05, 4.69) is 10.6 Å². The normalized spacial score (nSPS) is 18.0. The Morgan fingerprint density at radius 1 is 1.14 bits per heavy atom. The van der Waals surface area contributed by atoms with E-state index < -0.39 is 84.1 Å². The Kier molecular flexibility index (Phi) is 7.56. The van der Waals surface area contributed by atoms with Crippen LogP contribution in [-0.2, 0) is 27.2 Å². The minimum absolute atomic E-state index is 0.0583. The van der Waals surface area contributed by atoms with Crippen LogP contribution in [0.4, 0.5) is 0 Å². The van der Waals surface area contributed by atoms with E-state index in [4.69, 9.17) is 22.4 Å². The molecule has 196 valence electrons. The fourth-order valence-corrected chi connectivity index (χ4v) is 3.80. The quantitative estimate of drug-likeness (QED) is 0.235. The SMILES string of the molecule is [2H]c1c([2H])c([2H])c(C([2H])([2H])[C@]([2H])(CC(=O)[C@H](CCCCNC)NC(=O)[C@@H](N)Cc2c(C)cc(O)cc2C)C(N)=O)c([2H])c1[2H]. The van der Waals surface area contributed by atoms with Crippen LogP contribution in [0.3, 0.4) is 0 Å². The summed E-state index contributed by atoms with van der Waals surface area (Å²) >= 11 is 0. The number of aryl methyl sites for hydroxylation is 2. The second-order valence-electron chi connectivity index (χ2n) is 8.64. The Morgan fingerprint density at radius 2 is 1.78 bits per heavy atom. The second kappa shape index (κ2) is 14.4. The van der Waals surface area contributed by atoms with E-state index in [1.165, 1.54) is 12.1 Å². The van der Waals surface area contributed by atoms with Gasteiger partial charge in [-0.25, -0.2) is 0 Å². The molecular weight excluding hydrogens is 456 g/mol. The molecule has 0 saturated carbocycles. The van der Waals surface area contributed by atoms with Crippen LogP contribution in [0.2, 0.25) is 0 Å². The van der Waals surface area contributed by atoms with Gasteiger partial charge in [-0.1, -0.05) is 30.2 Å². The number of nitrogens with one attached hydrogen (secondary N) is 2. The van der Waals surface area contributed by atoms with Crippen LogP contribution in [0.15, 0.2) is 42.3 Å². The number of phenols is 1. The number of unbranched alkanes of at least 4 members (excludes halogenated alkanes) is 1. The zero-order valence-electron chi connectivity index (χ0n) is 28.9. The van der Waals surface area contributed by atoms with Gasteiger partial charge in [0.2, 0.25) is 11.8 Å². The summed E-state index contributed by atoms with van der Waals surface area (Å²) in [5.41, 5.74) is 12.8. The highest BCUT2D eigenvalue weighted by Crippen LogP contribution is 2.22. The number of rotatable bonds is 15. The van der Waals surface area contributed by atoms with Gasteiger partial charge in [0.15, 0.2) is 5.78 Å². The number of carbonyl (C=O) groups is 3. The van der Waals surface area contributed by atoms with Gasteiger partial charge in [-0.15, -0.1) is 0 Å².